The molecule has 0 aliphatic heterocycles. The van der Waals surface area contributed by atoms with Crippen LogP contribution in [-0.4, -0.2) is 50.3 Å². The van der Waals surface area contributed by atoms with Crippen molar-refractivity contribution in [3.05, 3.63) is 46.6 Å². The Labute approximate surface area is 163 Å². The predicted octanol–water partition coefficient (Wildman–Crippen LogP) is 1.96. The molecule has 0 saturated carbocycles. The molecule has 0 saturated heterocycles. The summed E-state index contributed by atoms with van der Waals surface area (Å²) in [5, 5.41) is 0. The van der Waals surface area contributed by atoms with Crippen molar-refractivity contribution < 1.29 is 38.1 Å². The first-order chi connectivity index (χ1) is 13.4. The average molecular weight is 392 g/mol. The van der Waals surface area contributed by atoms with Crippen molar-refractivity contribution in [2.24, 2.45) is 0 Å². The van der Waals surface area contributed by atoms with Gasteiger partial charge in [0.1, 0.15) is 0 Å². The summed E-state index contributed by atoms with van der Waals surface area (Å²) in [6.07, 6.45) is 4.90. The Morgan fingerprint density at radius 2 is 1.00 bits per heavy atom. The zero-order valence-corrected chi connectivity index (χ0v) is 16.4. The van der Waals surface area contributed by atoms with Gasteiger partial charge in [0, 0.05) is 0 Å². The van der Waals surface area contributed by atoms with Gasteiger partial charge in [-0.25, -0.2) is 19.2 Å². The number of carbonyl (C=O) groups excluding carboxylic acids is 4. The molecule has 0 fully saturated rings. The van der Waals surface area contributed by atoms with Gasteiger partial charge in [-0.1, -0.05) is 0 Å². The van der Waals surface area contributed by atoms with Crippen LogP contribution in [-0.2, 0) is 38.1 Å². The molecule has 8 nitrogen and oxygen atoms in total. The Hall–Kier alpha value is -3.16. The summed E-state index contributed by atoms with van der Waals surface area (Å²) in [6, 6.07) is 0. The molecule has 0 amide bonds. The highest BCUT2D eigenvalue weighted by Crippen LogP contribution is 2.21. The van der Waals surface area contributed by atoms with Gasteiger partial charge in [-0.2, -0.15) is 0 Å². The molecule has 1 aliphatic carbocycles. The molecule has 0 aromatic carbocycles. The van der Waals surface area contributed by atoms with Crippen LogP contribution in [0.4, 0.5) is 0 Å². The molecule has 152 valence electrons. The van der Waals surface area contributed by atoms with E-state index < -0.39 is 23.9 Å². The van der Waals surface area contributed by atoms with Gasteiger partial charge in [-0.15, -0.1) is 0 Å². The van der Waals surface area contributed by atoms with Crippen LogP contribution in [0.5, 0.6) is 0 Å². The summed E-state index contributed by atoms with van der Waals surface area (Å²) < 4.78 is 19.9. The highest BCUT2D eigenvalue weighted by atomic mass is 16.5. The molecule has 1 aliphatic rings. The Kier molecular flexibility index (Phi) is 9.42. The summed E-state index contributed by atoms with van der Waals surface area (Å²) in [7, 11) is 0. The van der Waals surface area contributed by atoms with Gasteiger partial charge < -0.3 is 18.9 Å². The third kappa shape index (κ3) is 6.22. The molecule has 0 unspecified atom stereocenters. The Bertz CT molecular complexity index is 752. The van der Waals surface area contributed by atoms with Crippen LogP contribution in [0.3, 0.4) is 0 Å². The smallest absolute Gasteiger partial charge is 0.339 e. The maximum atomic E-state index is 12.4. The van der Waals surface area contributed by atoms with E-state index in [1.165, 1.54) is 18.2 Å². The van der Waals surface area contributed by atoms with Crippen molar-refractivity contribution in [2.45, 2.75) is 27.7 Å². The first kappa shape index (κ1) is 22.9. The van der Waals surface area contributed by atoms with E-state index in [4.69, 9.17) is 18.9 Å². The van der Waals surface area contributed by atoms with E-state index in [1.54, 1.807) is 27.7 Å². The van der Waals surface area contributed by atoms with Crippen molar-refractivity contribution >= 4 is 23.9 Å². The number of rotatable bonds is 8. The monoisotopic (exact) mass is 392 g/mol. The van der Waals surface area contributed by atoms with Gasteiger partial charge in [-0.05, 0) is 52.0 Å². The molecular formula is C20H24O8. The van der Waals surface area contributed by atoms with Crippen molar-refractivity contribution in [2.75, 3.05) is 26.4 Å². The van der Waals surface area contributed by atoms with E-state index >= 15 is 0 Å². The molecule has 28 heavy (non-hydrogen) atoms. The molecule has 0 aromatic heterocycles. The molecule has 0 N–H and O–H groups in total. The second-order valence-electron chi connectivity index (χ2n) is 5.24. The Morgan fingerprint density at radius 3 is 1.50 bits per heavy atom. The quantitative estimate of drug-likeness (QED) is 0.456. The average Bonchev–Trinajstić information content (AvgIpc) is 2.62. The molecular weight excluding hydrogens is 368 g/mol. The summed E-state index contributed by atoms with van der Waals surface area (Å²) in [4.78, 5) is 49.2. The second kappa shape index (κ2) is 11.5. The van der Waals surface area contributed by atoms with Crippen LogP contribution in [0.25, 0.3) is 0 Å². The summed E-state index contributed by atoms with van der Waals surface area (Å²) >= 11 is 0. The van der Waals surface area contributed by atoms with Gasteiger partial charge >= 0.3 is 23.9 Å². The van der Waals surface area contributed by atoms with E-state index in [0.29, 0.717) is 0 Å². The number of hydrogen-bond acceptors (Lipinski definition) is 8. The highest BCUT2D eigenvalue weighted by Gasteiger charge is 2.25. The minimum atomic E-state index is -0.815. The third-order valence-electron chi connectivity index (χ3n) is 3.34. The molecule has 8 heteroatoms. The third-order valence-corrected chi connectivity index (χ3v) is 3.34. The zero-order chi connectivity index (χ0) is 21.1. The molecule has 0 bridgehead atoms. The molecule has 0 spiro atoms. The largest absolute Gasteiger partial charge is 0.462 e. The molecule has 1 rings (SSSR count). The van der Waals surface area contributed by atoms with Crippen LogP contribution >= 0.6 is 0 Å². The minimum Gasteiger partial charge on any atom is -0.462 e. The Balaban J connectivity index is 3.63. The lowest BCUT2D eigenvalue weighted by molar-refractivity contribution is -0.141. The van der Waals surface area contributed by atoms with Gasteiger partial charge in [0.05, 0.1) is 48.7 Å². The lowest BCUT2D eigenvalue weighted by Gasteiger charge is -2.13. The van der Waals surface area contributed by atoms with Gasteiger partial charge in [-0.3, -0.25) is 0 Å². The standard InChI is InChI=1S/C20H24O8/c1-5-25-17(21)13-9-10-15(19(23)27-7-3)16(20(24)28-8-4)12-14(11-13)18(22)26-6-2/h9-12H,5-8H2,1-4H3/b10-9?,13-9?,13-11+,14-11?,14-12+,15-10?,16-12?,16-15?. The van der Waals surface area contributed by atoms with Crippen molar-refractivity contribution in [3.8, 4) is 0 Å². The van der Waals surface area contributed by atoms with E-state index in [1.807, 2.05) is 0 Å². The summed E-state index contributed by atoms with van der Waals surface area (Å²) in [5.41, 5.74) is -0.444. The Morgan fingerprint density at radius 1 is 0.571 bits per heavy atom. The van der Waals surface area contributed by atoms with E-state index in [2.05, 4.69) is 0 Å². The number of hydrogen-bond donors (Lipinski definition) is 0. The van der Waals surface area contributed by atoms with Crippen LogP contribution in [0.2, 0.25) is 0 Å². The predicted molar refractivity (Wildman–Crippen MR) is 98.9 cm³/mol. The van der Waals surface area contributed by atoms with Gasteiger partial charge in [0.15, 0.2) is 0 Å². The van der Waals surface area contributed by atoms with E-state index in [-0.39, 0.29) is 48.7 Å². The minimum absolute atomic E-state index is 0.00543. The number of esters is 4. The topological polar surface area (TPSA) is 105 Å². The molecule has 0 aromatic rings. The van der Waals surface area contributed by atoms with Crippen LogP contribution in [0, 0.1) is 0 Å². The number of ether oxygens (including phenoxy) is 4. The van der Waals surface area contributed by atoms with Crippen LogP contribution in [0.15, 0.2) is 46.6 Å². The van der Waals surface area contributed by atoms with Crippen LogP contribution < -0.4 is 0 Å². The van der Waals surface area contributed by atoms with Gasteiger partial charge in [0.2, 0.25) is 0 Å². The summed E-state index contributed by atoms with van der Waals surface area (Å²) in [5.74, 6) is -3.09. The maximum absolute atomic E-state index is 12.4. The van der Waals surface area contributed by atoms with E-state index in [0.717, 1.165) is 6.08 Å². The first-order valence-corrected chi connectivity index (χ1v) is 8.93. The van der Waals surface area contributed by atoms with Crippen molar-refractivity contribution in [1.29, 1.82) is 0 Å². The fourth-order valence-corrected chi connectivity index (χ4v) is 2.19. The lowest BCUT2D eigenvalue weighted by Crippen LogP contribution is -2.18. The van der Waals surface area contributed by atoms with Crippen LogP contribution in [0.1, 0.15) is 27.7 Å². The van der Waals surface area contributed by atoms with Crippen molar-refractivity contribution in [1.82, 2.24) is 0 Å². The molecule has 0 atom stereocenters. The first-order valence-electron chi connectivity index (χ1n) is 8.93. The fourth-order valence-electron chi connectivity index (χ4n) is 2.19. The van der Waals surface area contributed by atoms with E-state index in [9.17, 15) is 19.2 Å². The SMILES string of the molecule is CCOC(=O)C1=C(C(=O)OCC)/C=C(C(=O)OCC)\C=C(\C(=O)OCC)C=C1. The maximum Gasteiger partial charge on any atom is 0.339 e. The fraction of sp³-hybridized carbons (Fsp3) is 0.400. The zero-order valence-electron chi connectivity index (χ0n) is 16.4. The normalized spacial score (nSPS) is 17.3. The number of carbonyl (C=O) groups is 4. The second-order valence-corrected chi connectivity index (χ2v) is 5.24. The van der Waals surface area contributed by atoms with Gasteiger partial charge in [0.25, 0.3) is 0 Å². The highest BCUT2D eigenvalue weighted by molar-refractivity contribution is 6.07. The lowest BCUT2D eigenvalue weighted by atomic mass is 9.98. The van der Waals surface area contributed by atoms with Crippen molar-refractivity contribution in [3.63, 3.8) is 0 Å². The summed E-state index contributed by atoms with van der Waals surface area (Å²) in [6.45, 7) is 6.80. The molecule has 0 heterocycles. The molecule has 0 radical (unpaired) electrons.